The van der Waals surface area contributed by atoms with Crippen LogP contribution in [-0.4, -0.2) is 17.1 Å². The second-order valence-corrected chi connectivity index (χ2v) is 3.15. The number of hydrogen-bond acceptors (Lipinski definition) is 2. The Kier molecular flexibility index (Phi) is 3.71. The first-order valence-electron chi connectivity index (χ1n) is 4.48. The van der Waals surface area contributed by atoms with E-state index >= 15 is 0 Å². The van der Waals surface area contributed by atoms with Gasteiger partial charge in [-0.15, -0.1) is 0 Å². The van der Waals surface area contributed by atoms with Crippen molar-refractivity contribution in [2.45, 2.75) is 13.1 Å². The molecule has 86 valence electrons. The van der Waals surface area contributed by atoms with Crippen LogP contribution in [0.1, 0.15) is 12.5 Å². The van der Waals surface area contributed by atoms with E-state index < -0.39 is 17.5 Å². The largest absolute Gasteiger partial charge is 0.418 e. The molecule has 1 rings (SSSR count). The average molecular weight is 229 g/mol. The number of alkyl halides is 3. The van der Waals surface area contributed by atoms with Gasteiger partial charge in [0.25, 0.3) is 0 Å². The third-order valence-corrected chi connectivity index (χ3v) is 1.96. The van der Waals surface area contributed by atoms with E-state index in [1.807, 2.05) is 0 Å². The third kappa shape index (κ3) is 3.12. The summed E-state index contributed by atoms with van der Waals surface area (Å²) in [4.78, 5) is 0. The highest BCUT2D eigenvalue weighted by molar-refractivity contribution is 6.02. The van der Waals surface area contributed by atoms with E-state index in [1.165, 1.54) is 12.1 Å². The first-order valence-corrected chi connectivity index (χ1v) is 4.48. The van der Waals surface area contributed by atoms with Crippen molar-refractivity contribution >= 4 is 11.8 Å². The summed E-state index contributed by atoms with van der Waals surface area (Å²) in [5, 5.41) is 11.0. The van der Waals surface area contributed by atoms with Crippen molar-refractivity contribution < 1.29 is 18.4 Å². The molecule has 1 aromatic carbocycles. The molecule has 0 aliphatic rings. The summed E-state index contributed by atoms with van der Waals surface area (Å²) in [5.74, 6) is 0. The Morgan fingerprint density at radius 1 is 1.25 bits per heavy atom. The summed E-state index contributed by atoms with van der Waals surface area (Å²) in [7, 11) is 0. The van der Waals surface area contributed by atoms with Crippen LogP contribution in [0, 0.1) is 0 Å². The molecule has 16 heavy (non-hydrogen) atoms. The molecule has 0 aliphatic heterocycles. The maximum Gasteiger partial charge on any atom is 0.418 e. The molecular weight excluding hydrogens is 219 g/mol. The second kappa shape index (κ2) is 4.83. The fourth-order valence-electron chi connectivity index (χ4n) is 1.16. The minimum Gasteiger partial charge on any atom is -0.411 e. The molecule has 0 saturated carbocycles. The molecule has 0 spiro atoms. The Morgan fingerprint density at radius 2 is 1.81 bits per heavy atom. The Bertz CT molecular complexity index is 407. The van der Waals surface area contributed by atoms with Crippen molar-refractivity contribution in [1.29, 1.82) is 0 Å². The summed E-state index contributed by atoms with van der Waals surface area (Å²) < 4.78 is 37.7. The second-order valence-electron chi connectivity index (χ2n) is 3.15. The number of rotatable bonds is 2. The molecular formula is C11H10F3NO. The molecule has 5 heteroatoms. The van der Waals surface area contributed by atoms with E-state index in [0.29, 0.717) is 5.56 Å². The van der Waals surface area contributed by atoms with Gasteiger partial charge in [0.15, 0.2) is 0 Å². The molecule has 0 unspecified atom stereocenters. The van der Waals surface area contributed by atoms with Gasteiger partial charge in [0.05, 0.1) is 11.3 Å². The van der Waals surface area contributed by atoms with E-state index in [2.05, 4.69) is 5.16 Å². The molecule has 0 heterocycles. The van der Waals surface area contributed by atoms with Crippen LogP contribution in [0.25, 0.3) is 6.08 Å². The van der Waals surface area contributed by atoms with Gasteiger partial charge in [-0.05, 0) is 18.6 Å². The van der Waals surface area contributed by atoms with Crippen LogP contribution in [-0.2, 0) is 0 Å². The quantitative estimate of drug-likeness (QED) is 0.470. The number of halogens is 3. The molecule has 0 atom stereocenters. The van der Waals surface area contributed by atoms with E-state index in [9.17, 15) is 13.2 Å². The Balaban J connectivity index is 3.18. The van der Waals surface area contributed by atoms with Crippen LogP contribution in [0.15, 0.2) is 41.1 Å². The van der Waals surface area contributed by atoms with Gasteiger partial charge in [0.2, 0.25) is 0 Å². The van der Waals surface area contributed by atoms with Crippen LogP contribution in [0.4, 0.5) is 13.2 Å². The number of benzene rings is 1. The maximum absolute atomic E-state index is 12.6. The van der Waals surface area contributed by atoms with Gasteiger partial charge in [-0.2, -0.15) is 13.2 Å². The SMILES string of the molecule is CC(=NO)C(=Cc1ccccc1)C(F)(F)F. The Hall–Kier alpha value is -1.78. The zero-order chi connectivity index (χ0) is 12.2. The average Bonchev–Trinajstić information content (AvgIpc) is 2.25. The molecule has 0 amide bonds. The highest BCUT2D eigenvalue weighted by atomic mass is 19.4. The monoisotopic (exact) mass is 229 g/mol. The summed E-state index contributed by atoms with van der Waals surface area (Å²) in [6, 6.07) is 8.04. The minimum absolute atomic E-state index is 0.401. The van der Waals surface area contributed by atoms with Crippen LogP contribution < -0.4 is 0 Å². The van der Waals surface area contributed by atoms with Crippen molar-refractivity contribution in [3.05, 3.63) is 41.5 Å². The van der Waals surface area contributed by atoms with Crippen LogP contribution in [0.5, 0.6) is 0 Å². The van der Waals surface area contributed by atoms with Crippen molar-refractivity contribution in [1.82, 2.24) is 0 Å². The lowest BCUT2D eigenvalue weighted by atomic mass is 10.1. The van der Waals surface area contributed by atoms with Crippen LogP contribution in [0.3, 0.4) is 0 Å². The summed E-state index contributed by atoms with van der Waals surface area (Å²) in [6.07, 6.45) is -3.60. The number of allylic oxidation sites excluding steroid dienone is 1. The topological polar surface area (TPSA) is 32.6 Å². The zero-order valence-corrected chi connectivity index (χ0v) is 8.49. The summed E-state index contributed by atoms with van der Waals surface area (Å²) in [6.45, 7) is 1.10. The van der Waals surface area contributed by atoms with Gasteiger partial charge < -0.3 is 5.21 Å². The lowest BCUT2D eigenvalue weighted by Crippen LogP contribution is -2.18. The fraction of sp³-hybridized carbons (Fsp3) is 0.182. The van der Waals surface area contributed by atoms with E-state index in [-0.39, 0.29) is 0 Å². The van der Waals surface area contributed by atoms with Gasteiger partial charge >= 0.3 is 6.18 Å². The smallest absolute Gasteiger partial charge is 0.411 e. The van der Waals surface area contributed by atoms with Gasteiger partial charge in [-0.1, -0.05) is 35.5 Å². The predicted molar refractivity (Wildman–Crippen MR) is 55.4 cm³/mol. The lowest BCUT2D eigenvalue weighted by Gasteiger charge is -2.10. The van der Waals surface area contributed by atoms with Crippen molar-refractivity contribution in [3.63, 3.8) is 0 Å². The number of nitrogens with zero attached hydrogens (tertiary/aromatic N) is 1. The van der Waals surface area contributed by atoms with Gasteiger partial charge in [-0.3, -0.25) is 0 Å². The van der Waals surface area contributed by atoms with Gasteiger partial charge in [-0.25, -0.2) is 0 Å². The summed E-state index contributed by atoms with van der Waals surface area (Å²) in [5.41, 5.74) is -1.02. The van der Waals surface area contributed by atoms with Gasteiger partial charge in [0.1, 0.15) is 0 Å². The molecule has 0 aliphatic carbocycles. The predicted octanol–water partition coefficient (Wildman–Crippen LogP) is 3.48. The standard InChI is InChI=1S/C11H10F3NO/c1-8(15-16)10(11(12,13)14)7-9-5-3-2-4-6-9/h2-7,16H,1H3. The first kappa shape index (κ1) is 12.3. The highest BCUT2D eigenvalue weighted by Gasteiger charge is 2.35. The molecule has 0 fully saturated rings. The number of oxime groups is 1. The normalized spacial score (nSPS) is 14.0. The number of hydrogen-bond donors (Lipinski definition) is 1. The molecule has 0 saturated heterocycles. The fourth-order valence-corrected chi connectivity index (χ4v) is 1.16. The Morgan fingerprint density at radius 3 is 2.25 bits per heavy atom. The Labute approximate surface area is 90.7 Å². The van der Waals surface area contributed by atoms with Crippen molar-refractivity contribution in [2.75, 3.05) is 0 Å². The van der Waals surface area contributed by atoms with E-state index in [4.69, 9.17) is 5.21 Å². The summed E-state index contributed by atoms with van der Waals surface area (Å²) >= 11 is 0. The van der Waals surface area contributed by atoms with Crippen LogP contribution >= 0.6 is 0 Å². The van der Waals surface area contributed by atoms with Gasteiger partial charge in [0, 0.05) is 0 Å². The van der Waals surface area contributed by atoms with Crippen LogP contribution in [0.2, 0.25) is 0 Å². The molecule has 0 radical (unpaired) electrons. The maximum atomic E-state index is 12.6. The molecule has 0 aromatic heterocycles. The van der Waals surface area contributed by atoms with E-state index in [1.54, 1.807) is 18.2 Å². The molecule has 2 nitrogen and oxygen atoms in total. The molecule has 1 aromatic rings. The molecule has 1 N–H and O–H groups in total. The highest BCUT2D eigenvalue weighted by Crippen LogP contribution is 2.28. The molecule has 0 bridgehead atoms. The van der Waals surface area contributed by atoms with E-state index in [0.717, 1.165) is 13.0 Å². The lowest BCUT2D eigenvalue weighted by molar-refractivity contribution is -0.0854. The zero-order valence-electron chi connectivity index (χ0n) is 8.49. The van der Waals surface area contributed by atoms with Crippen molar-refractivity contribution in [3.8, 4) is 0 Å². The minimum atomic E-state index is -4.54. The van der Waals surface area contributed by atoms with Crippen molar-refractivity contribution in [2.24, 2.45) is 5.16 Å². The first-order chi connectivity index (χ1) is 7.45. The third-order valence-electron chi connectivity index (χ3n) is 1.96.